The van der Waals surface area contributed by atoms with E-state index in [1.807, 2.05) is 4.90 Å². The monoisotopic (exact) mass is 491 g/mol. The summed E-state index contributed by atoms with van der Waals surface area (Å²) < 4.78 is 0. The van der Waals surface area contributed by atoms with Crippen LogP contribution in [-0.2, 0) is 4.79 Å². The van der Waals surface area contributed by atoms with Crippen LogP contribution in [0.4, 0.5) is 0 Å². The van der Waals surface area contributed by atoms with Gasteiger partial charge in [-0.05, 0) is 31.6 Å². The van der Waals surface area contributed by atoms with Crippen LogP contribution in [0, 0.1) is 5.41 Å². The molecule has 1 saturated carbocycles. The van der Waals surface area contributed by atoms with Crippen LogP contribution < -0.4 is 5.32 Å². The van der Waals surface area contributed by atoms with Crippen LogP contribution in [0.25, 0.3) is 0 Å². The summed E-state index contributed by atoms with van der Waals surface area (Å²) >= 11 is 0. The Morgan fingerprint density at radius 3 is 2.33 bits per heavy atom. The first kappa shape index (κ1) is 22.7. The average molecular weight is 491 g/mol. The molecule has 0 aromatic carbocycles. The van der Waals surface area contributed by atoms with E-state index in [1.54, 1.807) is 6.92 Å². The summed E-state index contributed by atoms with van der Waals surface area (Å²) in [5.41, 5.74) is 0.567. The van der Waals surface area contributed by atoms with Crippen LogP contribution in [0.5, 0.6) is 0 Å². The van der Waals surface area contributed by atoms with E-state index in [9.17, 15) is 4.79 Å². The highest BCUT2D eigenvalue weighted by molar-refractivity contribution is 14.0. The van der Waals surface area contributed by atoms with Gasteiger partial charge in [-0.15, -0.1) is 24.0 Å². The third-order valence-corrected chi connectivity index (χ3v) is 6.48. The summed E-state index contributed by atoms with van der Waals surface area (Å²) in [6.07, 6.45) is 8.39. The number of hydrogen-bond acceptors (Lipinski definition) is 3. The predicted molar refractivity (Wildman–Crippen MR) is 122 cm³/mol. The minimum atomic E-state index is 0. The molecule has 0 aromatic heterocycles. The zero-order valence-corrected chi connectivity index (χ0v) is 19.5. The Morgan fingerprint density at radius 1 is 1.00 bits per heavy atom. The molecule has 3 rings (SSSR count). The minimum Gasteiger partial charge on any atom is -0.357 e. The van der Waals surface area contributed by atoms with Gasteiger partial charge in [-0.3, -0.25) is 14.7 Å². The molecule has 3 aliphatic rings. The molecule has 1 amide bonds. The SMILES string of the molecule is CCNC(=NCCN1CCN(C(C)=O)CC1)N1CCC2(CCCCC2)C1.I. The highest BCUT2D eigenvalue weighted by Gasteiger charge is 2.39. The number of piperazine rings is 1. The molecule has 2 saturated heterocycles. The third kappa shape index (κ3) is 6.21. The van der Waals surface area contributed by atoms with Gasteiger partial charge < -0.3 is 15.1 Å². The lowest BCUT2D eigenvalue weighted by Crippen LogP contribution is -2.48. The summed E-state index contributed by atoms with van der Waals surface area (Å²) in [5, 5.41) is 3.51. The van der Waals surface area contributed by atoms with E-state index in [2.05, 4.69) is 22.0 Å². The summed E-state index contributed by atoms with van der Waals surface area (Å²) in [6.45, 7) is 12.6. The number of nitrogens with zero attached hydrogens (tertiary/aromatic N) is 4. The fraction of sp³-hybridized carbons (Fsp3) is 0.900. The van der Waals surface area contributed by atoms with E-state index in [0.717, 1.165) is 58.3 Å². The van der Waals surface area contributed by atoms with Gasteiger partial charge in [-0.2, -0.15) is 0 Å². The van der Waals surface area contributed by atoms with Crippen LogP contribution in [0.15, 0.2) is 4.99 Å². The zero-order chi connectivity index (χ0) is 18.4. The number of carbonyl (C=O) groups is 1. The van der Waals surface area contributed by atoms with Crippen molar-refractivity contribution in [3.05, 3.63) is 0 Å². The van der Waals surface area contributed by atoms with Crippen molar-refractivity contribution in [3.63, 3.8) is 0 Å². The maximum Gasteiger partial charge on any atom is 0.219 e. The first-order valence-corrected chi connectivity index (χ1v) is 10.6. The molecule has 2 heterocycles. The van der Waals surface area contributed by atoms with E-state index in [0.29, 0.717) is 5.41 Å². The first-order chi connectivity index (χ1) is 12.6. The predicted octanol–water partition coefficient (Wildman–Crippen LogP) is 2.39. The van der Waals surface area contributed by atoms with Crippen LogP contribution in [-0.4, -0.2) is 85.5 Å². The molecule has 0 bridgehead atoms. The lowest BCUT2D eigenvalue weighted by atomic mass is 9.73. The van der Waals surface area contributed by atoms with Crippen molar-refractivity contribution < 1.29 is 4.79 Å². The molecule has 1 N–H and O–H groups in total. The molecule has 27 heavy (non-hydrogen) atoms. The highest BCUT2D eigenvalue weighted by Crippen LogP contribution is 2.43. The molecule has 1 spiro atoms. The van der Waals surface area contributed by atoms with Gasteiger partial charge in [-0.1, -0.05) is 19.3 Å². The van der Waals surface area contributed by atoms with Gasteiger partial charge in [0.25, 0.3) is 0 Å². The second-order valence-electron chi connectivity index (χ2n) is 8.32. The normalized spacial score (nSPS) is 23.4. The molecular weight excluding hydrogens is 453 g/mol. The van der Waals surface area contributed by atoms with Crippen LogP contribution in [0.3, 0.4) is 0 Å². The Balaban J connectivity index is 0.00000261. The molecule has 6 nitrogen and oxygen atoms in total. The molecule has 1 aliphatic carbocycles. The van der Waals surface area contributed by atoms with Crippen LogP contribution >= 0.6 is 24.0 Å². The fourth-order valence-electron chi connectivity index (χ4n) is 4.84. The van der Waals surface area contributed by atoms with Crippen molar-refractivity contribution in [2.75, 3.05) is 58.9 Å². The van der Waals surface area contributed by atoms with Gasteiger partial charge in [0.1, 0.15) is 0 Å². The Hall–Kier alpha value is -0.570. The Bertz CT molecular complexity index is 499. The molecule has 0 aromatic rings. The first-order valence-electron chi connectivity index (χ1n) is 10.6. The molecular formula is C20H38IN5O. The summed E-state index contributed by atoms with van der Waals surface area (Å²) in [7, 11) is 0. The maximum atomic E-state index is 11.4. The van der Waals surface area contributed by atoms with E-state index >= 15 is 0 Å². The van der Waals surface area contributed by atoms with Crippen molar-refractivity contribution in [1.82, 2.24) is 20.0 Å². The number of halogens is 1. The second kappa shape index (κ2) is 10.8. The Morgan fingerprint density at radius 2 is 1.70 bits per heavy atom. The van der Waals surface area contributed by atoms with Crippen molar-refractivity contribution >= 4 is 35.8 Å². The molecule has 7 heteroatoms. The topological polar surface area (TPSA) is 51.2 Å². The largest absolute Gasteiger partial charge is 0.357 e. The molecule has 3 fully saturated rings. The Labute approximate surface area is 182 Å². The lowest BCUT2D eigenvalue weighted by Gasteiger charge is -2.34. The van der Waals surface area contributed by atoms with Gasteiger partial charge in [0.15, 0.2) is 5.96 Å². The van der Waals surface area contributed by atoms with Crippen molar-refractivity contribution in [3.8, 4) is 0 Å². The van der Waals surface area contributed by atoms with Crippen LogP contribution in [0.2, 0.25) is 0 Å². The van der Waals surface area contributed by atoms with E-state index in [4.69, 9.17) is 4.99 Å². The fourth-order valence-corrected chi connectivity index (χ4v) is 4.84. The lowest BCUT2D eigenvalue weighted by molar-refractivity contribution is -0.130. The average Bonchev–Trinajstić information content (AvgIpc) is 3.05. The van der Waals surface area contributed by atoms with E-state index in [-0.39, 0.29) is 29.9 Å². The number of carbonyl (C=O) groups excluding carboxylic acids is 1. The van der Waals surface area contributed by atoms with Crippen molar-refractivity contribution in [2.45, 2.75) is 52.4 Å². The van der Waals surface area contributed by atoms with Gasteiger partial charge in [0.05, 0.1) is 6.54 Å². The molecule has 156 valence electrons. The number of rotatable bonds is 4. The van der Waals surface area contributed by atoms with Gasteiger partial charge in [0.2, 0.25) is 5.91 Å². The number of likely N-dealkylation sites (tertiary alicyclic amines) is 1. The van der Waals surface area contributed by atoms with E-state index < -0.39 is 0 Å². The number of hydrogen-bond donors (Lipinski definition) is 1. The highest BCUT2D eigenvalue weighted by atomic mass is 127. The van der Waals surface area contributed by atoms with Gasteiger partial charge >= 0.3 is 0 Å². The Kier molecular flexibility index (Phi) is 9.11. The van der Waals surface area contributed by atoms with Crippen molar-refractivity contribution in [2.24, 2.45) is 10.4 Å². The second-order valence-corrected chi connectivity index (χ2v) is 8.32. The molecule has 0 radical (unpaired) electrons. The minimum absolute atomic E-state index is 0. The standard InChI is InChI=1S/C20H37N5O.HI/c1-3-21-19(25-11-9-20(17-25)7-5-4-6-8-20)22-10-12-23-13-15-24(16-14-23)18(2)26;/h3-17H2,1-2H3,(H,21,22);1H. The number of amides is 1. The van der Waals surface area contributed by atoms with Crippen LogP contribution in [0.1, 0.15) is 52.4 Å². The quantitative estimate of drug-likeness (QED) is 0.373. The van der Waals surface area contributed by atoms with Crippen molar-refractivity contribution in [1.29, 1.82) is 0 Å². The smallest absolute Gasteiger partial charge is 0.219 e. The van der Waals surface area contributed by atoms with E-state index in [1.165, 1.54) is 45.1 Å². The number of nitrogens with one attached hydrogen (secondary N) is 1. The van der Waals surface area contributed by atoms with Gasteiger partial charge in [-0.25, -0.2) is 0 Å². The summed E-state index contributed by atoms with van der Waals surface area (Å²) in [6, 6.07) is 0. The molecule has 0 atom stereocenters. The number of aliphatic imine (C=N–C) groups is 1. The summed E-state index contributed by atoms with van der Waals surface area (Å²) in [4.78, 5) is 23.2. The molecule has 2 aliphatic heterocycles. The maximum absolute atomic E-state index is 11.4. The third-order valence-electron chi connectivity index (χ3n) is 6.48. The summed E-state index contributed by atoms with van der Waals surface area (Å²) in [5.74, 6) is 1.31. The zero-order valence-electron chi connectivity index (χ0n) is 17.2. The van der Waals surface area contributed by atoms with Gasteiger partial charge in [0, 0.05) is 59.3 Å². The number of guanidine groups is 1. The molecule has 0 unspecified atom stereocenters.